The van der Waals surface area contributed by atoms with Crippen molar-refractivity contribution in [2.75, 3.05) is 13.2 Å². The average molecular weight is 1170 g/mol. The van der Waals surface area contributed by atoms with E-state index < -0.39 is 12.1 Å². The maximum Gasteiger partial charge on any atom is 0.305 e. The van der Waals surface area contributed by atoms with E-state index in [9.17, 15) is 19.8 Å². The lowest BCUT2D eigenvalue weighted by atomic mass is 10.0. The summed E-state index contributed by atoms with van der Waals surface area (Å²) in [5.41, 5.74) is 0. The van der Waals surface area contributed by atoms with Crippen LogP contribution in [0.25, 0.3) is 0 Å². The molecule has 0 radical (unpaired) electrons. The Labute approximate surface area is 519 Å². The first kappa shape index (κ1) is 81.1. The van der Waals surface area contributed by atoms with Crippen molar-refractivity contribution in [2.45, 2.75) is 431 Å². The first-order valence-electron chi connectivity index (χ1n) is 37.7. The van der Waals surface area contributed by atoms with Crippen LogP contribution in [0.4, 0.5) is 0 Å². The van der Waals surface area contributed by atoms with Crippen LogP contribution >= 0.6 is 0 Å². The van der Waals surface area contributed by atoms with E-state index >= 15 is 0 Å². The van der Waals surface area contributed by atoms with Crippen molar-refractivity contribution < 1.29 is 24.5 Å². The third kappa shape index (κ3) is 69.1. The molecular formula is C77H147NO5. The summed E-state index contributed by atoms with van der Waals surface area (Å²) >= 11 is 0. The fraction of sp³-hybridized carbons (Fsp3) is 0.896. The molecule has 0 aromatic rings. The third-order valence-corrected chi connectivity index (χ3v) is 17.7. The number of amides is 1. The van der Waals surface area contributed by atoms with Gasteiger partial charge in [0.25, 0.3) is 0 Å². The summed E-state index contributed by atoms with van der Waals surface area (Å²) in [6.45, 7) is 4.97. The number of ether oxygens (including phenoxy) is 1. The number of carbonyl (C=O) groups excluding carboxylic acids is 2. The summed E-state index contributed by atoms with van der Waals surface area (Å²) in [6, 6.07) is -0.538. The molecule has 1 amide bonds. The zero-order valence-electron chi connectivity index (χ0n) is 56.2. The van der Waals surface area contributed by atoms with Gasteiger partial charge in [-0.25, -0.2) is 0 Å². The largest absolute Gasteiger partial charge is 0.466 e. The van der Waals surface area contributed by atoms with Crippen LogP contribution in [-0.4, -0.2) is 47.4 Å². The lowest BCUT2D eigenvalue weighted by Gasteiger charge is -2.22. The van der Waals surface area contributed by atoms with Gasteiger partial charge in [-0.2, -0.15) is 0 Å². The molecule has 490 valence electrons. The molecule has 0 saturated carbocycles. The van der Waals surface area contributed by atoms with Gasteiger partial charge in [-0.1, -0.05) is 359 Å². The van der Waals surface area contributed by atoms with Crippen molar-refractivity contribution >= 4 is 11.9 Å². The maximum absolute atomic E-state index is 12.5. The minimum Gasteiger partial charge on any atom is -0.466 e. The van der Waals surface area contributed by atoms with Gasteiger partial charge in [0.1, 0.15) is 0 Å². The number of unbranched alkanes of at least 4 members (excludes halogenated alkanes) is 54. The summed E-state index contributed by atoms with van der Waals surface area (Å²) in [6.07, 6.45) is 93.8. The van der Waals surface area contributed by atoms with Crippen LogP contribution in [0.1, 0.15) is 418 Å². The molecule has 0 aliphatic rings. The molecule has 0 fully saturated rings. The maximum atomic E-state index is 12.5. The lowest BCUT2D eigenvalue weighted by molar-refractivity contribution is -0.143. The zero-order chi connectivity index (χ0) is 59.9. The highest BCUT2D eigenvalue weighted by molar-refractivity contribution is 5.76. The smallest absolute Gasteiger partial charge is 0.305 e. The molecule has 0 spiro atoms. The SMILES string of the molecule is CCCCCCCCC/C=C\CCCCCCCCCC(=O)OCCCCCCCCCCCCCCC/C=C\C/C=C\CCCCCCCCCCCCCCCCCCCC(=O)NC(CO)C(O)CCCCCCCCCCCCC. The summed E-state index contributed by atoms with van der Waals surface area (Å²) in [4.78, 5) is 24.6. The standard InChI is InChI=1S/C77H147NO5/c1-3-5-7-9-11-13-15-16-17-18-41-44-47-51-55-59-63-67-71-77(82)83-72-68-64-60-56-52-48-45-42-39-37-35-33-31-29-27-25-23-21-19-20-22-24-26-28-30-32-34-36-38-40-43-46-50-54-58-62-66-70-76(81)78-74(73-79)75(80)69-65-61-57-53-49-14-12-10-8-6-4-2/h17-19,21,25,27,74-75,79-80H,3-16,20,22-24,26,28-73H2,1-2H3,(H,78,81)/b18-17-,21-19-,27-25-. The Morgan fingerprint density at radius 3 is 0.928 bits per heavy atom. The van der Waals surface area contributed by atoms with Gasteiger partial charge in [-0.05, 0) is 83.5 Å². The minimum atomic E-state index is -0.661. The Morgan fingerprint density at radius 2 is 0.602 bits per heavy atom. The fourth-order valence-electron chi connectivity index (χ4n) is 11.9. The molecule has 6 heteroatoms. The summed E-state index contributed by atoms with van der Waals surface area (Å²) < 4.78 is 5.51. The van der Waals surface area contributed by atoms with Crippen molar-refractivity contribution in [3.63, 3.8) is 0 Å². The van der Waals surface area contributed by atoms with Crippen LogP contribution in [0.2, 0.25) is 0 Å². The summed E-state index contributed by atoms with van der Waals surface area (Å²) in [7, 11) is 0. The molecular weight excluding hydrogens is 1020 g/mol. The van der Waals surface area contributed by atoms with E-state index in [4.69, 9.17) is 4.74 Å². The van der Waals surface area contributed by atoms with Crippen LogP contribution < -0.4 is 5.32 Å². The Kier molecular flexibility index (Phi) is 70.9. The molecule has 0 aromatic heterocycles. The van der Waals surface area contributed by atoms with E-state index in [-0.39, 0.29) is 18.5 Å². The van der Waals surface area contributed by atoms with Crippen LogP contribution in [0.3, 0.4) is 0 Å². The highest BCUT2D eigenvalue weighted by atomic mass is 16.5. The van der Waals surface area contributed by atoms with Gasteiger partial charge in [0, 0.05) is 12.8 Å². The van der Waals surface area contributed by atoms with Crippen LogP contribution in [-0.2, 0) is 14.3 Å². The topological polar surface area (TPSA) is 95.9 Å². The monoisotopic (exact) mass is 1170 g/mol. The average Bonchev–Trinajstić information content (AvgIpc) is 3.49. The third-order valence-electron chi connectivity index (χ3n) is 17.7. The molecule has 2 atom stereocenters. The highest BCUT2D eigenvalue weighted by Gasteiger charge is 2.20. The van der Waals surface area contributed by atoms with E-state index in [0.29, 0.717) is 25.9 Å². The fourth-order valence-corrected chi connectivity index (χ4v) is 11.9. The number of aliphatic hydroxyl groups excluding tert-OH is 2. The molecule has 3 N–H and O–H groups in total. The van der Waals surface area contributed by atoms with Crippen LogP contribution in [0.5, 0.6) is 0 Å². The number of nitrogens with one attached hydrogen (secondary N) is 1. The van der Waals surface area contributed by atoms with Crippen molar-refractivity contribution in [2.24, 2.45) is 0 Å². The summed E-state index contributed by atoms with van der Waals surface area (Å²) in [5, 5.41) is 23.2. The van der Waals surface area contributed by atoms with E-state index in [1.807, 2.05) is 0 Å². The second-order valence-corrected chi connectivity index (χ2v) is 26.0. The molecule has 0 rings (SSSR count). The van der Waals surface area contributed by atoms with E-state index in [1.165, 1.54) is 334 Å². The van der Waals surface area contributed by atoms with Crippen molar-refractivity contribution in [1.29, 1.82) is 0 Å². The first-order chi connectivity index (χ1) is 41.0. The molecule has 0 aromatic carbocycles. The number of aliphatic hydroxyl groups is 2. The minimum absolute atomic E-state index is 0.0164. The molecule has 0 bridgehead atoms. The van der Waals surface area contributed by atoms with Crippen LogP contribution in [0, 0.1) is 0 Å². The van der Waals surface area contributed by atoms with Gasteiger partial charge in [0.2, 0.25) is 5.91 Å². The zero-order valence-corrected chi connectivity index (χ0v) is 56.2. The number of hydrogen-bond acceptors (Lipinski definition) is 5. The Balaban J connectivity index is 3.33. The van der Waals surface area contributed by atoms with Gasteiger partial charge in [0.05, 0.1) is 25.4 Å². The number of esters is 1. The normalized spacial score (nSPS) is 12.7. The number of rotatable bonds is 71. The van der Waals surface area contributed by atoms with Gasteiger partial charge in [-0.15, -0.1) is 0 Å². The summed E-state index contributed by atoms with van der Waals surface area (Å²) in [5.74, 6) is -0.0151. The quantitative estimate of drug-likeness (QED) is 0.0320. The van der Waals surface area contributed by atoms with Crippen molar-refractivity contribution in [3.8, 4) is 0 Å². The van der Waals surface area contributed by atoms with Crippen molar-refractivity contribution in [3.05, 3.63) is 36.5 Å². The Hall–Kier alpha value is -1.92. The first-order valence-corrected chi connectivity index (χ1v) is 37.7. The van der Waals surface area contributed by atoms with Gasteiger partial charge in [-0.3, -0.25) is 9.59 Å². The van der Waals surface area contributed by atoms with E-state index in [0.717, 1.165) is 51.4 Å². The molecule has 0 aliphatic heterocycles. The molecule has 6 nitrogen and oxygen atoms in total. The van der Waals surface area contributed by atoms with Gasteiger partial charge < -0.3 is 20.3 Å². The second-order valence-electron chi connectivity index (χ2n) is 26.0. The number of carbonyl (C=O) groups is 2. The molecule has 2 unspecified atom stereocenters. The predicted octanol–water partition coefficient (Wildman–Crippen LogP) is 24.7. The predicted molar refractivity (Wildman–Crippen MR) is 366 cm³/mol. The molecule has 0 aliphatic carbocycles. The highest BCUT2D eigenvalue weighted by Crippen LogP contribution is 2.19. The van der Waals surface area contributed by atoms with E-state index in [2.05, 4.69) is 55.6 Å². The Bertz CT molecular complexity index is 1340. The number of allylic oxidation sites excluding steroid dienone is 6. The molecule has 83 heavy (non-hydrogen) atoms. The van der Waals surface area contributed by atoms with Gasteiger partial charge >= 0.3 is 5.97 Å². The molecule has 0 saturated heterocycles. The number of hydrogen-bond donors (Lipinski definition) is 3. The van der Waals surface area contributed by atoms with Crippen LogP contribution in [0.15, 0.2) is 36.5 Å². The van der Waals surface area contributed by atoms with E-state index in [1.54, 1.807) is 0 Å². The molecule has 0 heterocycles. The van der Waals surface area contributed by atoms with Gasteiger partial charge in [0.15, 0.2) is 0 Å². The lowest BCUT2D eigenvalue weighted by Crippen LogP contribution is -2.45. The Morgan fingerprint density at radius 1 is 0.337 bits per heavy atom. The second kappa shape index (κ2) is 72.6. The van der Waals surface area contributed by atoms with Crippen molar-refractivity contribution in [1.82, 2.24) is 5.32 Å².